The van der Waals surface area contributed by atoms with Crippen molar-refractivity contribution in [2.45, 2.75) is 25.5 Å². The highest BCUT2D eigenvalue weighted by atomic mass is 16.5. The van der Waals surface area contributed by atoms with Crippen LogP contribution in [0.25, 0.3) is 0 Å². The van der Waals surface area contributed by atoms with E-state index in [4.69, 9.17) is 14.6 Å². The van der Waals surface area contributed by atoms with Crippen molar-refractivity contribution in [2.24, 2.45) is 18.9 Å². The second-order valence-corrected chi connectivity index (χ2v) is 6.67. The van der Waals surface area contributed by atoms with Gasteiger partial charge in [-0.05, 0) is 30.9 Å². The van der Waals surface area contributed by atoms with Crippen molar-refractivity contribution >= 4 is 6.47 Å². The minimum atomic E-state index is -0.250. The maximum absolute atomic E-state index is 8.36. The fourth-order valence-corrected chi connectivity index (χ4v) is 3.99. The number of fused-ring (bicyclic) bond motifs is 1. The van der Waals surface area contributed by atoms with Crippen molar-refractivity contribution in [1.82, 2.24) is 19.7 Å². The molecule has 0 bridgehead atoms. The maximum Gasteiger partial charge on any atom is 0.290 e. The first-order valence-corrected chi connectivity index (χ1v) is 8.54. The molecule has 2 aliphatic rings. The summed E-state index contributed by atoms with van der Waals surface area (Å²) >= 11 is 0. The average Bonchev–Trinajstić information content (AvgIpc) is 3.28. The fraction of sp³-hybridized carbons (Fsp3) is 0.500. The molecule has 134 valence electrons. The predicted octanol–water partition coefficient (Wildman–Crippen LogP) is 1.81. The Kier molecular flexibility index (Phi) is 5.65. The topological polar surface area (TPSA) is 80.5 Å². The molecule has 1 saturated carbocycles. The molecule has 7 heteroatoms. The first-order chi connectivity index (χ1) is 12.2. The van der Waals surface area contributed by atoms with Gasteiger partial charge in [-0.2, -0.15) is 5.10 Å². The molecule has 2 fully saturated rings. The highest BCUT2D eigenvalue weighted by Crippen LogP contribution is 2.40. The number of hydrogen-bond acceptors (Lipinski definition) is 5. The molecule has 1 aliphatic carbocycles. The van der Waals surface area contributed by atoms with Crippen molar-refractivity contribution in [2.75, 3.05) is 13.1 Å². The summed E-state index contributed by atoms with van der Waals surface area (Å²) in [4.78, 5) is 15.0. The Morgan fingerprint density at radius 2 is 2.20 bits per heavy atom. The van der Waals surface area contributed by atoms with Crippen LogP contribution in [-0.2, 0) is 18.4 Å². The Balaban J connectivity index is 0.000000569. The Morgan fingerprint density at radius 3 is 2.88 bits per heavy atom. The number of pyridine rings is 1. The van der Waals surface area contributed by atoms with Gasteiger partial charge in [-0.3, -0.25) is 19.4 Å². The minimum absolute atomic E-state index is 0.250. The summed E-state index contributed by atoms with van der Waals surface area (Å²) in [5, 5.41) is 11.1. The SMILES string of the molecule is Cn1cc(CN2C[C@H]3CC[C@@H](Oc4cccnc4)[C@H]3C2)cn1.O=CO. The van der Waals surface area contributed by atoms with Crippen LogP contribution >= 0.6 is 0 Å². The van der Waals surface area contributed by atoms with Crippen LogP contribution in [0.5, 0.6) is 5.75 Å². The standard InChI is InChI=1S/C17H22N4O.CH2O2/c1-20-9-13(7-19-20)10-21-11-14-4-5-17(16(14)12-21)22-15-3-2-6-18-8-15;2-1-3/h2-3,6-9,14,16-17H,4-5,10-12H2,1H3;1H,(H,2,3)/t14-,16+,17-;/m1./s1. The van der Waals surface area contributed by atoms with E-state index in [1.165, 1.54) is 24.9 Å². The summed E-state index contributed by atoms with van der Waals surface area (Å²) < 4.78 is 8.06. The van der Waals surface area contributed by atoms with E-state index < -0.39 is 0 Å². The van der Waals surface area contributed by atoms with Gasteiger partial charge in [0.15, 0.2) is 0 Å². The van der Waals surface area contributed by atoms with Crippen molar-refractivity contribution in [3.05, 3.63) is 42.5 Å². The summed E-state index contributed by atoms with van der Waals surface area (Å²) in [5.74, 6) is 2.33. The largest absolute Gasteiger partial charge is 0.488 e. The van der Waals surface area contributed by atoms with Crippen molar-refractivity contribution in [1.29, 1.82) is 0 Å². The fourth-order valence-electron chi connectivity index (χ4n) is 3.99. The van der Waals surface area contributed by atoms with E-state index in [2.05, 4.69) is 21.2 Å². The number of aryl methyl sites for hydroxylation is 1. The van der Waals surface area contributed by atoms with Gasteiger partial charge in [-0.25, -0.2) is 0 Å². The molecule has 4 rings (SSSR count). The van der Waals surface area contributed by atoms with E-state index in [1.807, 2.05) is 36.3 Å². The lowest BCUT2D eigenvalue weighted by atomic mass is 9.99. The second kappa shape index (κ2) is 8.11. The normalized spacial score (nSPS) is 25.1. The van der Waals surface area contributed by atoms with Crippen molar-refractivity contribution in [3.8, 4) is 5.75 Å². The molecule has 0 radical (unpaired) electrons. The number of carboxylic acid groups (broad SMARTS) is 1. The number of likely N-dealkylation sites (tertiary alicyclic amines) is 1. The van der Waals surface area contributed by atoms with Crippen LogP contribution in [0, 0.1) is 11.8 Å². The molecular weight excluding hydrogens is 320 g/mol. The lowest BCUT2D eigenvalue weighted by Crippen LogP contribution is -2.28. The highest BCUT2D eigenvalue weighted by Gasteiger charge is 2.43. The Labute approximate surface area is 147 Å². The van der Waals surface area contributed by atoms with E-state index in [0.29, 0.717) is 12.0 Å². The summed E-state index contributed by atoms with van der Waals surface area (Å²) in [6.07, 6.45) is 10.5. The molecule has 0 unspecified atom stereocenters. The molecule has 0 aromatic carbocycles. The molecular formula is C18H24N4O3. The highest BCUT2D eigenvalue weighted by molar-refractivity contribution is 5.32. The smallest absolute Gasteiger partial charge is 0.290 e. The Morgan fingerprint density at radius 1 is 1.36 bits per heavy atom. The molecule has 0 spiro atoms. The van der Waals surface area contributed by atoms with Gasteiger partial charge in [0.05, 0.1) is 12.4 Å². The lowest BCUT2D eigenvalue weighted by molar-refractivity contribution is -0.122. The molecule has 2 aromatic heterocycles. The van der Waals surface area contributed by atoms with Crippen LogP contribution in [0.2, 0.25) is 0 Å². The molecule has 2 aromatic rings. The summed E-state index contributed by atoms with van der Waals surface area (Å²) in [7, 11) is 1.97. The summed E-state index contributed by atoms with van der Waals surface area (Å²) in [6.45, 7) is 3.07. The number of nitrogens with zero attached hydrogens (tertiary/aromatic N) is 4. The third kappa shape index (κ3) is 4.36. The lowest BCUT2D eigenvalue weighted by Gasteiger charge is -2.21. The van der Waals surface area contributed by atoms with E-state index in [0.717, 1.165) is 24.8 Å². The Bertz CT molecular complexity index is 676. The molecule has 3 heterocycles. The average molecular weight is 344 g/mol. The number of carbonyl (C=O) groups is 1. The number of ether oxygens (including phenoxy) is 1. The maximum atomic E-state index is 8.36. The minimum Gasteiger partial charge on any atom is -0.488 e. The molecule has 1 N–H and O–H groups in total. The molecule has 0 amide bonds. The van der Waals surface area contributed by atoms with Gasteiger partial charge in [0.1, 0.15) is 11.9 Å². The van der Waals surface area contributed by atoms with Crippen LogP contribution in [0.4, 0.5) is 0 Å². The third-order valence-electron chi connectivity index (χ3n) is 4.95. The molecule has 7 nitrogen and oxygen atoms in total. The van der Waals surface area contributed by atoms with E-state index in [1.54, 1.807) is 6.20 Å². The second-order valence-electron chi connectivity index (χ2n) is 6.67. The summed E-state index contributed by atoms with van der Waals surface area (Å²) in [6, 6.07) is 3.94. The zero-order valence-electron chi connectivity index (χ0n) is 14.4. The van der Waals surface area contributed by atoms with Gasteiger partial charge >= 0.3 is 0 Å². The van der Waals surface area contributed by atoms with Gasteiger partial charge in [-0.15, -0.1) is 0 Å². The van der Waals surface area contributed by atoms with Gasteiger partial charge in [0, 0.05) is 50.6 Å². The molecule has 25 heavy (non-hydrogen) atoms. The zero-order chi connectivity index (χ0) is 17.6. The number of hydrogen-bond donors (Lipinski definition) is 1. The van der Waals surface area contributed by atoms with Crippen LogP contribution in [-0.4, -0.2) is 50.4 Å². The van der Waals surface area contributed by atoms with Gasteiger partial charge in [0.2, 0.25) is 0 Å². The number of aromatic nitrogens is 3. The molecule has 1 aliphatic heterocycles. The van der Waals surface area contributed by atoms with Gasteiger partial charge in [0.25, 0.3) is 6.47 Å². The van der Waals surface area contributed by atoms with Gasteiger partial charge < -0.3 is 9.84 Å². The van der Waals surface area contributed by atoms with Crippen molar-refractivity contribution < 1.29 is 14.6 Å². The zero-order valence-corrected chi connectivity index (χ0v) is 14.4. The first kappa shape index (κ1) is 17.4. The quantitative estimate of drug-likeness (QED) is 0.852. The third-order valence-corrected chi connectivity index (χ3v) is 4.95. The monoisotopic (exact) mass is 344 g/mol. The van der Waals surface area contributed by atoms with Crippen molar-refractivity contribution in [3.63, 3.8) is 0 Å². The Hall–Kier alpha value is -2.41. The predicted molar refractivity (Wildman–Crippen MR) is 92.0 cm³/mol. The molecule has 1 saturated heterocycles. The number of rotatable bonds is 4. The van der Waals surface area contributed by atoms with Gasteiger partial charge in [-0.1, -0.05) is 0 Å². The molecule has 3 atom stereocenters. The van der Waals surface area contributed by atoms with Crippen LogP contribution in [0.15, 0.2) is 36.9 Å². The van der Waals surface area contributed by atoms with Crippen LogP contribution in [0.3, 0.4) is 0 Å². The van der Waals surface area contributed by atoms with E-state index >= 15 is 0 Å². The van der Waals surface area contributed by atoms with Crippen LogP contribution < -0.4 is 4.74 Å². The summed E-state index contributed by atoms with van der Waals surface area (Å²) in [5.41, 5.74) is 1.30. The first-order valence-electron chi connectivity index (χ1n) is 8.54. The van der Waals surface area contributed by atoms with Crippen LogP contribution in [0.1, 0.15) is 18.4 Å². The van der Waals surface area contributed by atoms with E-state index in [-0.39, 0.29) is 6.47 Å². The van der Waals surface area contributed by atoms with E-state index in [9.17, 15) is 0 Å².